The molecule has 2 rings (SSSR count). The zero-order chi connectivity index (χ0) is 16.7. The van der Waals surface area contributed by atoms with Gasteiger partial charge in [0, 0.05) is 13.2 Å². The number of hydrogen-bond acceptors (Lipinski definition) is 1. The molecule has 2 aromatic rings. The van der Waals surface area contributed by atoms with Crippen LogP contribution >= 0.6 is 0 Å². The molecule has 0 saturated carbocycles. The lowest BCUT2D eigenvalue weighted by molar-refractivity contribution is 0.129. The number of benzene rings is 2. The maximum Gasteiger partial charge on any atom is 0.162 e. The Kier molecular flexibility index (Phi) is 6.59. The Balaban J connectivity index is 1.63. The van der Waals surface area contributed by atoms with Crippen molar-refractivity contribution in [2.45, 2.75) is 25.7 Å². The summed E-state index contributed by atoms with van der Waals surface area (Å²) in [4.78, 5) is 0. The van der Waals surface area contributed by atoms with Gasteiger partial charge in [-0.3, -0.25) is 0 Å². The van der Waals surface area contributed by atoms with Gasteiger partial charge in [-0.05, 0) is 48.9 Å². The summed E-state index contributed by atoms with van der Waals surface area (Å²) in [7, 11) is 0. The molecule has 0 saturated heterocycles. The second kappa shape index (κ2) is 8.67. The standard InChI is InChI=1S/C18H18F4O/c19-15-9-1-5-13(17(15)21)7-3-11-23-12-4-8-14-6-2-10-16(20)18(14)22/h1-2,5-6,9-10H,3-4,7-8,11-12H2. The molecule has 0 aliphatic heterocycles. The first-order valence-corrected chi connectivity index (χ1v) is 7.53. The molecular weight excluding hydrogens is 308 g/mol. The van der Waals surface area contributed by atoms with Gasteiger partial charge in [0.1, 0.15) is 0 Å². The first-order chi connectivity index (χ1) is 11.1. The van der Waals surface area contributed by atoms with Crippen LogP contribution in [0.15, 0.2) is 36.4 Å². The number of aryl methyl sites for hydroxylation is 2. The highest BCUT2D eigenvalue weighted by Gasteiger charge is 2.08. The molecule has 0 unspecified atom stereocenters. The molecule has 5 heteroatoms. The van der Waals surface area contributed by atoms with E-state index in [0.29, 0.717) is 50.0 Å². The summed E-state index contributed by atoms with van der Waals surface area (Å²) in [6.07, 6.45) is 1.91. The minimum atomic E-state index is -0.847. The van der Waals surface area contributed by atoms with Crippen LogP contribution in [0, 0.1) is 23.3 Å². The van der Waals surface area contributed by atoms with Crippen molar-refractivity contribution in [3.63, 3.8) is 0 Å². The maximum absolute atomic E-state index is 13.4. The zero-order valence-corrected chi connectivity index (χ0v) is 12.6. The molecule has 0 aliphatic rings. The lowest BCUT2D eigenvalue weighted by atomic mass is 10.1. The van der Waals surface area contributed by atoms with E-state index in [1.54, 1.807) is 12.1 Å². The highest BCUT2D eigenvalue weighted by atomic mass is 19.2. The Labute approximate surface area is 132 Å². The van der Waals surface area contributed by atoms with Crippen LogP contribution in [0.2, 0.25) is 0 Å². The van der Waals surface area contributed by atoms with E-state index in [1.807, 2.05) is 0 Å². The maximum atomic E-state index is 13.4. The van der Waals surface area contributed by atoms with Gasteiger partial charge in [-0.2, -0.15) is 0 Å². The third-order valence-electron chi connectivity index (χ3n) is 3.53. The van der Waals surface area contributed by atoms with Crippen LogP contribution in [0.5, 0.6) is 0 Å². The number of ether oxygens (including phenoxy) is 1. The zero-order valence-electron chi connectivity index (χ0n) is 12.6. The van der Waals surface area contributed by atoms with E-state index in [9.17, 15) is 17.6 Å². The van der Waals surface area contributed by atoms with E-state index in [1.165, 1.54) is 12.1 Å². The topological polar surface area (TPSA) is 9.23 Å². The van der Waals surface area contributed by atoms with Gasteiger partial charge in [0.2, 0.25) is 0 Å². The Morgan fingerprint density at radius 2 is 1.09 bits per heavy atom. The van der Waals surface area contributed by atoms with Gasteiger partial charge in [0.25, 0.3) is 0 Å². The molecule has 0 amide bonds. The normalized spacial score (nSPS) is 11.0. The van der Waals surface area contributed by atoms with Crippen LogP contribution in [0.3, 0.4) is 0 Å². The van der Waals surface area contributed by atoms with E-state index in [2.05, 4.69) is 0 Å². The SMILES string of the molecule is Fc1cccc(CCCOCCCc2cccc(F)c2F)c1F. The largest absolute Gasteiger partial charge is 0.381 e. The molecule has 0 spiro atoms. The summed E-state index contributed by atoms with van der Waals surface area (Å²) in [6.45, 7) is 0.809. The molecule has 0 bridgehead atoms. The molecule has 0 radical (unpaired) electrons. The third-order valence-corrected chi connectivity index (χ3v) is 3.53. The number of rotatable bonds is 8. The highest BCUT2D eigenvalue weighted by molar-refractivity contribution is 5.19. The fourth-order valence-electron chi connectivity index (χ4n) is 2.31. The minimum Gasteiger partial charge on any atom is -0.381 e. The molecule has 0 aromatic heterocycles. The molecule has 1 nitrogen and oxygen atoms in total. The first kappa shape index (κ1) is 17.5. The van der Waals surface area contributed by atoms with Gasteiger partial charge in [0.05, 0.1) is 0 Å². The predicted octanol–water partition coefficient (Wildman–Crippen LogP) is 4.83. The van der Waals surface area contributed by atoms with E-state index in [4.69, 9.17) is 4.74 Å². The highest BCUT2D eigenvalue weighted by Crippen LogP contribution is 2.14. The quantitative estimate of drug-likeness (QED) is 0.499. The second-order valence-electron chi connectivity index (χ2n) is 5.25. The van der Waals surface area contributed by atoms with Gasteiger partial charge in [0.15, 0.2) is 23.3 Å². The molecule has 0 heterocycles. The molecule has 0 N–H and O–H groups in total. The summed E-state index contributed by atoms with van der Waals surface area (Å²) < 4.78 is 58.2. The lowest BCUT2D eigenvalue weighted by Gasteiger charge is -2.07. The van der Waals surface area contributed by atoms with Crippen molar-refractivity contribution in [1.29, 1.82) is 0 Å². The number of hydrogen-bond donors (Lipinski definition) is 0. The van der Waals surface area contributed by atoms with Crippen LogP contribution in [0.4, 0.5) is 17.6 Å². The van der Waals surface area contributed by atoms with Crippen LogP contribution in [0.25, 0.3) is 0 Å². The molecule has 124 valence electrons. The van der Waals surface area contributed by atoms with Crippen molar-refractivity contribution < 1.29 is 22.3 Å². The fourth-order valence-corrected chi connectivity index (χ4v) is 2.31. The predicted molar refractivity (Wildman–Crippen MR) is 80.2 cm³/mol. The van der Waals surface area contributed by atoms with E-state index in [-0.39, 0.29) is 0 Å². The van der Waals surface area contributed by atoms with Crippen molar-refractivity contribution >= 4 is 0 Å². The van der Waals surface area contributed by atoms with Gasteiger partial charge >= 0.3 is 0 Å². The minimum absolute atomic E-state index is 0.329. The van der Waals surface area contributed by atoms with Crippen molar-refractivity contribution in [2.24, 2.45) is 0 Å². The van der Waals surface area contributed by atoms with Crippen LogP contribution in [0.1, 0.15) is 24.0 Å². The average molecular weight is 326 g/mol. The smallest absolute Gasteiger partial charge is 0.162 e. The van der Waals surface area contributed by atoms with E-state index in [0.717, 1.165) is 12.1 Å². The van der Waals surface area contributed by atoms with Crippen molar-refractivity contribution in [3.8, 4) is 0 Å². The summed E-state index contributed by atoms with van der Waals surface area (Å²) in [5.74, 6) is -3.32. The Hall–Kier alpha value is -1.88. The van der Waals surface area contributed by atoms with E-state index >= 15 is 0 Å². The first-order valence-electron chi connectivity index (χ1n) is 7.53. The lowest BCUT2D eigenvalue weighted by Crippen LogP contribution is -2.03. The van der Waals surface area contributed by atoms with Crippen molar-refractivity contribution in [2.75, 3.05) is 13.2 Å². The Bertz CT molecular complexity index is 587. The molecular formula is C18H18F4O. The summed E-state index contributed by atoms with van der Waals surface area (Å²) in [6, 6.07) is 8.21. The molecule has 0 fully saturated rings. The molecule has 0 atom stereocenters. The third kappa shape index (κ3) is 5.06. The van der Waals surface area contributed by atoms with Crippen LogP contribution in [-0.2, 0) is 17.6 Å². The Morgan fingerprint density at radius 1 is 0.652 bits per heavy atom. The summed E-state index contributed by atoms with van der Waals surface area (Å²) >= 11 is 0. The fraction of sp³-hybridized carbons (Fsp3) is 0.333. The van der Waals surface area contributed by atoms with Crippen molar-refractivity contribution in [3.05, 3.63) is 70.8 Å². The molecule has 23 heavy (non-hydrogen) atoms. The Morgan fingerprint density at radius 3 is 1.52 bits per heavy atom. The van der Waals surface area contributed by atoms with Gasteiger partial charge in [-0.15, -0.1) is 0 Å². The monoisotopic (exact) mass is 326 g/mol. The van der Waals surface area contributed by atoms with E-state index < -0.39 is 23.3 Å². The number of halogens is 4. The van der Waals surface area contributed by atoms with Gasteiger partial charge < -0.3 is 4.74 Å². The van der Waals surface area contributed by atoms with Gasteiger partial charge in [-0.25, -0.2) is 17.6 Å². The molecule has 0 aliphatic carbocycles. The van der Waals surface area contributed by atoms with Crippen LogP contribution < -0.4 is 0 Å². The second-order valence-corrected chi connectivity index (χ2v) is 5.25. The van der Waals surface area contributed by atoms with Crippen molar-refractivity contribution in [1.82, 2.24) is 0 Å². The summed E-state index contributed by atoms with van der Waals surface area (Å²) in [5.41, 5.74) is 0.658. The molecule has 2 aromatic carbocycles. The van der Waals surface area contributed by atoms with Gasteiger partial charge in [-0.1, -0.05) is 24.3 Å². The summed E-state index contributed by atoms with van der Waals surface area (Å²) in [5, 5.41) is 0. The average Bonchev–Trinajstić information content (AvgIpc) is 2.54. The van der Waals surface area contributed by atoms with Crippen LogP contribution in [-0.4, -0.2) is 13.2 Å².